The number of nitrogens with one attached hydrogen (secondary N) is 1. The number of nitrogens with zero attached hydrogens (tertiary/aromatic N) is 4. The zero-order valence-electron chi connectivity index (χ0n) is 20.9. The number of nitrogens with two attached hydrogens (primary N) is 1. The molecule has 1 aromatic heterocycles. The van der Waals surface area contributed by atoms with Gasteiger partial charge in [0, 0.05) is 27.7 Å². The lowest BCUT2D eigenvalue weighted by Crippen LogP contribution is -2.42. The summed E-state index contributed by atoms with van der Waals surface area (Å²) in [5.41, 5.74) is 10.1. The molecule has 0 aliphatic rings. The molecule has 188 valence electrons. The van der Waals surface area contributed by atoms with Gasteiger partial charge in [0.2, 0.25) is 17.8 Å². The Kier molecular flexibility index (Phi) is 8.13. The number of hydrogen-bond acceptors (Lipinski definition) is 6. The average Bonchev–Trinajstić information content (AvgIpc) is 3.09. The smallest absolute Gasteiger partial charge is 0.242 e. The molecule has 0 fully saturated rings. The van der Waals surface area contributed by atoms with E-state index in [0.29, 0.717) is 23.1 Å². The summed E-state index contributed by atoms with van der Waals surface area (Å²) in [4.78, 5) is 31.4. The third-order valence-corrected chi connectivity index (χ3v) is 7.44. The van der Waals surface area contributed by atoms with Crippen molar-refractivity contribution in [3.8, 4) is 5.75 Å². The predicted molar refractivity (Wildman–Crippen MR) is 136 cm³/mol. The lowest BCUT2D eigenvalue weighted by Gasteiger charge is -2.20. The van der Waals surface area contributed by atoms with Crippen LogP contribution in [0.2, 0.25) is 0 Å². The maximum Gasteiger partial charge on any atom is 0.242 e. The van der Waals surface area contributed by atoms with Crippen molar-refractivity contribution in [3.05, 3.63) is 47.0 Å². The zero-order valence-corrected chi connectivity index (χ0v) is 21.7. The molecule has 0 radical (unpaired) electrons. The molecule has 11 heteroatoms. The molecular formula is C24H32N6O4S. The second-order valence-corrected chi connectivity index (χ2v) is 10.0. The molecule has 3 rings (SSSR count). The molecule has 10 nitrogen and oxygen atoms in total. The van der Waals surface area contributed by atoms with Crippen molar-refractivity contribution >= 4 is 39.8 Å². The quantitative estimate of drug-likeness (QED) is 0.459. The van der Waals surface area contributed by atoms with Crippen LogP contribution in [0.25, 0.3) is 11.0 Å². The number of amides is 2. The third kappa shape index (κ3) is 5.98. The summed E-state index contributed by atoms with van der Waals surface area (Å²) in [5, 5.41) is 2.62. The van der Waals surface area contributed by atoms with Gasteiger partial charge in [-0.25, -0.2) is 13.5 Å². The molecule has 35 heavy (non-hydrogen) atoms. The van der Waals surface area contributed by atoms with Crippen LogP contribution in [0.15, 0.2) is 35.2 Å². The number of carbonyl (C=O) groups is 2. The first-order chi connectivity index (χ1) is 16.5. The van der Waals surface area contributed by atoms with Gasteiger partial charge >= 0.3 is 0 Å². The fourth-order valence-electron chi connectivity index (χ4n) is 3.80. The van der Waals surface area contributed by atoms with E-state index < -0.39 is 16.9 Å². The van der Waals surface area contributed by atoms with Crippen molar-refractivity contribution in [2.45, 2.75) is 25.3 Å². The Hall–Kier alpha value is -3.44. The van der Waals surface area contributed by atoms with Crippen LogP contribution in [-0.2, 0) is 34.2 Å². The van der Waals surface area contributed by atoms with Crippen molar-refractivity contribution in [2.75, 3.05) is 40.0 Å². The largest absolute Gasteiger partial charge is 0.497 e. The minimum atomic E-state index is -1.54. The summed E-state index contributed by atoms with van der Waals surface area (Å²) in [6.07, 6.45) is 0. The number of fused-ring (bicyclic) bond motifs is 1. The van der Waals surface area contributed by atoms with E-state index in [-0.39, 0.29) is 19.0 Å². The van der Waals surface area contributed by atoms with Gasteiger partial charge in [0.1, 0.15) is 16.7 Å². The molecule has 0 aliphatic carbocycles. The van der Waals surface area contributed by atoms with Gasteiger partial charge < -0.3 is 25.3 Å². The second kappa shape index (κ2) is 10.9. The van der Waals surface area contributed by atoms with Gasteiger partial charge in [0.15, 0.2) is 0 Å². The van der Waals surface area contributed by atoms with Crippen molar-refractivity contribution in [2.24, 2.45) is 7.05 Å². The molecule has 3 N–H and O–H groups in total. The van der Waals surface area contributed by atoms with Gasteiger partial charge in [0.25, 0.3) is 0 Å². The molecule has 1 heterocycles. The fraction of sp³-hybridized carbons (Fsp3) is 0.375. The first-order valence-electron chi connectivity index (χ1n) is 11.0. The number of carbonyl (C=O) groups excluding carboxylic acids is 2. The van der Waals surface area contributed by atoms with E-state index in [4.69, 9.17) is 10.5 Å². The third-order valence-electron chi connectivity index (χ3n) is 5.76. The number of nitrogen functional groups attached to an aromatic ring is 1. The van der Waals surface area contributed by atoms with E-state index in [1.54, 1.807) is 25.8 Å². The van der Waals surface area contributed by atoms with Gasteiger partial charge in [-0.1, -0.05) is 6.07 Å². The molecule has 1 unspecified atom stereocenters. The standard InChI is InChI=1S/C24H32N6O4S/c1-15-9-18(34-6)10-16(2)23(15)35(33)29(4)14-21(31)26-12-22(32)28(3)13-17-7-8-19-20(11-17)30(5)24(25)27-19/h7-11H,12-14H2,1-6H3,(H2,25,27)(H,26,31). The summed E-state index contributed by atoms with van der Waals surface area (Å²) in [6, 6.07) is 9.32. The molecule has 2 aromatic carbocycles. The number of aromatic nitrogens is 2. The van der Waals surface area contributed by atoms with Crippen LogP contribution in [0.5, 0.6) is 5.75 Å². The summed E-state index contributed by atoms with van der Waals surface area (Å²) in [7, 11) is 5.15. The van der Waals surface area contributed by atoms with Gasteiger partial charge in [-0.2, -0.15) is 0 Å². The van der Waals surface area contributed by atoms with E-state index in [2.05, 4.69) is 10.3 Å². The SMILES string of the molecule is COc1cc(C)c(S(=O)N(C)CC(=O)NCC(=O)N(C)Cc2ccc3nc(N)n(C)c3c2)c(C)c1. The fourth-order valence-corrected chi connectivity index (χ4v) is 5.01. The van der Waals surface area contributed by atoms with Crippen LogP contribution < -0.4 is 15.8 Å². The molecule has 2 amide bonds. The molecule has 0 aliphatic heterocycles. The molecular weight excluding hydrogens is 468 g/mol. The highest BCUT2D eigenvalue weighted by Gasteiger charge is 2.20. The zero-order chi connectivity index (χ0) is 25.9. The van der Waals surface area contributed by atoms with Crippen molar-refractivity contribution in [3.63, 3.8) is 0 Å². The normalized spacial score (nSPS) is 12.1. The Balaban J connectivity index is 1.54. The highest BCUT2D eigenvalue weighted by atomic mass is 32.2. The van der Waals surface area contributed by atoms with Gasteiger partial charge in [-0.3, -0.25) is 9.59 Å². The maximum absolute atomic E-state index is 13.0. The Morgan fingerprint density at radius 2 is 1.83 bits per heavy atom. The molecule has 1 atom stereocenters. The van der Waals surface area contributed by atoms with Crippen molar-refractivity contribution in [1.82, 2.24) is 24.1 Å². The van der Waals surface area contributed by atoms with Gasteiger partial charge in [-0.15, -0.1) is 0 Å². The van der Waals surface area contributed by atoms with Crippen molar-refractivity contribution < 1.29 is 18.5 Å². The predicted octanol–water partition coefficient (Wildman–Crippen LogP) is 1.51. The lowest BCUT2D eigenvalue weighted by molar-refractivity contribution is -0.132. The second-order valence-electron chi connectivity index (χ2n) is 8.50. The number of anilines is 1. The number of benzene rings is 2. The van der Waals surface area contributed by atoms with Crippen LogP contribution in [-0.4, -0.2) is 69.1 Å². The average molecular weight is 501 g/mol. The summed E-state index contributed by atoms with van der Waals surface area (Å²) < 4.78 is 21.5. The summed E-state index contributed by atoms with van der Waals surface area (Å²) in [6.45, 7) is 3.80. The van der Waals surface area contributed by atoms with Crippen LogP contribution in [0.1, 0.15) is 16.7 Å². The highest BCUT2D eigenvalue weighted by Crippen LogP contribution is 2.25. The topological polar surface area (TPSA) is 123 Å². The summed E-state index contributed by atoms with van der Waals surface area (Å²) >= 11 is 0. The van der Waals surface area contributed by atoms with Crippen LogP contribution in [0.3, 0.4) is 0 Å². The summed E-state index contributed by atoms with van der Waals surface area (Å²) in [5.74, 6) is 0.479. The Bertz CT molecular complexity index is 1270. The highest BCUT2D eigenvalue weighted by molar-refractivity contribution is 7.82. The molecule has 3 aromatic rings. The maximum atomic E-state index is 13.0. The Morgan fingerprint density at radius 3 is 2.46 bits per heavy atom. The first kappa shape index (κ1) is 26.2. The van der Waals surface area contributed by atoms with Crippen LogP contribution in [0.4, 0.5) is 5.95 Å². The van der Waals surface area contributed by atoms with Crippen LogP contribution in [0, 0.1) is 13.8 Å². The van der Waals surface area contributed by atoms with Crippen LogP contribution >= 0.6 is 0 Å². The number of likely N-dealkylation sites (N-methyl/N-ethyl adjacent to an activating group) is 2. The van der Waals surface area contributed by atoms with Gasteiger partial charge in [0.05, 0.1) is 36.1 Å². The number of imidazole rings is 1. The van der Waals surface area contributed by atoms with E-state index in [1.165, 1.54) is 9.21 Å². The lowest BCUT2D eigenvalue weighted by atomic mass is 10.1. The van der Waals surface area contributed by atoms with E-state index >= 15 is 0 Å². The van der Waals surface area contributed by atoms with Gasteiger partial charge in [-0.05, 0) is 54.8 Å². The minimum Gasteiger partial charge on any atom is -0.497 e. The van der Waals surface area contributed by atoms with E-state index in [0.717, 1.165) is 27.7 Å². The number of hydrogen-bond donors (Lipinski definition) is 2. The number of aryl methyl sites for hydroxylation is 3. The molecule has 0 bridgehead atoms. The molecule has 0 saturated carbocycles. The number of rotatable bonds is 9. The number of methoxy groups -OCH3 is 1. The number of ether oxygens (including phenoxy) is 1. The monoisotopic (exact) mass is 500 g/mol. The molecule has 0 spiro atoms. The van der Waals surface area contributed by atoms with E-state index in [1.807, 2.05) is 51.2 Å². The van der Waals surface area contributed by atoms with Crippen molar-refractivity contribution in [1.29, 1.82) is 0 Å². The Labute approximate surface area is 207 Å². The first-order valence-corrected chi connectivity index (χ1v) is 12.1. The molecule has 0 saturated heterocycles. The van der Waals surface area contributed by atoms with E-state index in [9.17, 15) is 13.8 Å². The minimum absolute atomic E-state index is 0.118. The Morgan fingerprint density at radius 1 is 1.17 bits per heavy atom.